The van der Waals surface area contributed by atoms with E-state index >= 15 is 0 Å². The molecule has 1 aromatic carbocycles. The van der Waals surface area contributed by atoms with Gasteiger partial charge in [-0.2, -0.15) is 0 Å². The van der Waals surface area contributed by atoms with Crippen LogP contribution < -0.4 is 0 Å². The summed E-state index contributed by atoms with van der Waals surface area (Å²) in [6, 6.07) is 6.20. The topological polar surface area (TPSA) is 67.3 Å². The van der Waals surface area contributed by atoms with E-state index in [4.69, 9.17) is 23.2 Å². The standard InChI is InChI=1S/C22H24Cl2N2O3S/c23-19-6-3-7-20(24)21(19)30(28,29)14-15-10-18(12-25-11-15)22(27)26-9-8-16-4-1-2-5-17(16)13-26/h3,6-7,10-12,16-17H,1-2,4-5,8-9,13-14H2/t16-,17+/m0/s1. The molecule has 8 heteroatoms. The second kappa shape index (κ2) is 8.85. The predicted octanol–water partition coefficient (Wildman–Crippen LogP) is 5.01. The molecular weight excluding hydrogens is 443 g/mol. The maximum atomic E-state index is 13.1. The Morgan fingerprint density at radius 3 is 2.50 bits per heavy atom. The van der Waals surface area contributed by atoms with Crippen LogP contribution in [-0.2, 0) is 15.6 Å². The average molecular weight is 467 g/mol. The fourth-order valence-electron chi connectivity index (χ4n) is 4.72. The van der Waals surface area contributed by atoms with Gasteiger partial charge >= 0.3 is 0 Å². The Morgan fingerprint density at radius 1 is 1.07 bits per heavy atom. The number of sulfone groups is 1. The van der Waals surface area contributed by atoms with Crippen molar-refractivity contribution in [1.29, 1.82) is 0 Å². The molecule has 160 valence electrons. The number of halogens is 2. The van der Waals surface area contributed by atoms with E-state index in [9.17, 15) is 13.2 Å². The summed E-state index contributed by atoms with van der Waals surface area (Å²) >= 11 is 12.2. The van der Waals surface area contributed by atoms with E-state index in [1.54, 1.807) is 12.1 Å². The first-order valence-electron chi connectivity index (χ1n) is 10.2. The van der Waals surface area contributed by atoms with Crippen LogP contribution in [0.5, 0.6) is 0 Å². The Kier molecular flexibility index (Phi) is 6.37. The second-order valence-corrected chi connectivity index (χ2v) is 11.0. The van der Waals surface area contributed by atoms with Crippen LogP contribution >= 0.6 is 23.2 Å². The molecule has 0 spiro atoms. The number of carbonyl (C=O) groups is 1. The fourth-order valence-corrected chi connectivity index (χ4v) is 7.30. The normalized spacial score (nSPS) is 21.9. The predicted molar refractivity (Wildman–Crippen MR) is 118 cm³/mol. The highest BCUT2D eigenvalue weighted by atomic mass is 35.5. The third kappa shape index (κ3) is 4.51. The SMILES string of the molecule is O=C(c1cncc(CS(=O)(=O)c2c(Cl)cccc2Cl)c1)N1CC[C@@H]2CCCC[C@@H]2C1. The van der Waals surface area contributed by atoms with E-state index in [1.165, 1.54) is 50.2 Å². The molecule has 1 aliphatic carbocycles. The Labute approximate surface area is 187 Å². The number of nitrogens with zero attached hydrogens (tertiary/aromatic N) is 2. The van der Waals surface area contributed by atoms with Crippen molar-refractivity contribution in [2.75, 3.05) is 13.1 Å². The van der Waals surface area contributed by atoms with E-state index in [0.29, 0.717) is 17.0 Å². The molecule has 5 nitrogen and oxygen atoms in total. The number of hydrogen-bond donors (Lipinski definition) is 0. The summed E-state index contributed by atoms with van der Waals surface area (Å²) in [6.07, 6.45) is 9.01. The zero-order valence-electron chi connectivity index (χ0n) is 16.6. The quantitative estimate of drug-likeness (QED) is 0.634. The molecule has 2 heterocycles. The Bertz CT molecular complexity index is 1040. The Balaban J connectivity index is 1.52. The molecule has 2 aliphatic rings. The van der Waals surface area contributed by atoms with Gasteiger partial charge in [0.15, 0.2) is 9.84 Å². The van der Waals surface area contributed by atoms with E-state index < -0.39 is 9.84 Å². The number of amides is 1. The van der Waals surface area contributed by atoms with Gasteiger partial charge in [0.05, 0.1) is 21.4 Å². The van der Waals surface area contributed by atoms with Crippen molar-refractivity contribution in [3.63, 3.8) is 0 Å². The van der Waals surface area contributed by atoms with Crippen LogP contribution in [0.4, 0.5) is 0 Å². The van der Waals surface area contributed by atoms with Gasteiger partial charge in [-0.25, -0.2) is 8.42 Å². The molecule has 2 atom stereocenters. The Morgan fingerprint density at radius 2 is 1.77 bits per heavy atom. The van der Waals surface area contributed by atoms with Crippen molar-refractivity contribution < 1.29 is 13.2 Å². The average Bonchev–Trinajstić information content (AvgIpc) is 2.72. The summed E-state index contributed by atoms with van der Waals surface area (Å²) in [5, 5.41) is 0.163. The zero-order valence-corrected chi connectivity index (χ0v) is 18.9. The third-order valence-corrected chi connectivity index (χ3v) is 8.84. The van der Waals surface area contributed by atoms with Gasteiger partial charge in [0.2, 0.25) is 0 Å². The third-order valence-electron chi connectivity index (χ3n) is 6.21. The van der Waals surface area contributed by atoms with Crippen molar-refractivity contribution in [1.82, 2.24) is 9.88 Å². The van der Waals surface area contributed by atoms with E-state index in [1.807, 2.05) is 4.90 Å². The molecule has 1 amide bonds. The molecule has 1 aliphatic heterocycles. The number of rotatable bonds is 4. The molecule has 1 aromatic heterocycles. The first-order chi connectivity index (χ1) is 14.3. The highest BCUT2D eigenvalue weighted by Crippen LogP contribution is 2.36. The van der Waals surface area contributed by atoms with Gasteiger partial charge < -0.3 is 4.90 Å². The van der Waals surface area contributed by atoms with Gasteiger partial charge in [-0.05, 0) is 48.4 Å². The molecule has 0 radical (unpaired) electrons. The molecule has 1 saturated carbocycles. The lowest BCUT2D eigenvalue weighted by Crippen LogP contribution is -2.44. The smallest absolute Gasteiger partial charge is 0.255 e. The highest BCUT2D eigenvalue weighted by Gasteiger charge is 2.33. The lowest BCUT2D eigenvalue weighted by atomic mass is 9.75. The molecule has 2 fully saturated rings. The minimum Gasteiger partial charge on any atom is -0.338 e. The summed E-state index contributed by atoms with van der Waals surface area (Å²) in [5.74, 6) is 0.907. The Hall–Kier alpha value is -1.63. The van der Waals surface area contributed by atoms with Crippen molar-refractivity contribution >= 4 is 38.9 Å². The van der Waals surface area contributed by atoms with Crippen LogP contribution in [0.25, 0.3) is 0 Å². The minimum atomic E-state index is -3.79. The molecule has 4 rings (SSSR count). The summed E-state index contributed by atoms with van der Waals surface area (Å²) in [5.41, 5.74) is 0.853. The van der Waals surface area contributed by atoms with E-state index in [0.717, 1.165) is 25.4 Å². The first kappa shape index (κ1) is 21.6. The highest BCUT2D eigenvalue weighted by molar-refractivity contribution is 7.90. The number of benzene rings is 1. The summed E-state index contributed by atoms with van der Waals surface area (Å²) < 4.78 is 25.8. The molecule has 1 saturated heterocycles. The molecule has 0 unspecified atom stereocenters. The molecular formula is C22H24Cl2N2O3S. The van der Waals surface area contributed by atoms with Crippen LogP contribution in [0.3, 0.4) is 0 Å². The lowest BCUT2D eigenvalue weighted by Gasteiger charge is -2.41. The number of carbonyl (C=O) groups excluding carboxylic acids is 1. The number of likely N-dealkylation sites (tertiary alicyclic amines) is 1. The number of hydrogen-bond acceptors (Lipinski definition) is 4. The molecule has 0 bridgehead atoms. The molecule has 0 N–H and O–H groups in total. The maximum absolute atomic E-state index is 13.1. The van der Waals surface area contributed by atoms with E-state index in [-0.39, 0.29) is 26.6 Å². The number of aromatic nitrogens is 1. The van der Waals surface area contributed by atoms with Crippen LogP contribution in [0, 0.1) is 11.8 Å². The number of fused-ring (bicyclic) bond motifs is 1. The second-order valence-electron chi connectivity index (χ2n) is 8.24. The van der Waals surface area contributed by atoms with Gasteiger partial charge in [0.25, 0.3) is 5.91 Å². The van der Waals surface area contributed by atoms with Gasteiger partial charge in [-0.1, -0.05) is 48.5 Å². The van der Waals surface area contributed by atoms with Crippen LogP contribution in [0.1, 0.15) is 48.0 Å². The van der Waals surface area contributed by atoms with Crippen molar-refractivity contribution in [2.45, 2.75) is 42.8 Å². The van der Waals surface area contributed by atoms with Crippen LogP contribution in [0.15, 0.2) is 41.6 Å². The fraction of sp³-hybridized carbons (Fsp3) is 0.455. The van der Waals surface area contributed by atoms with Gasteiger partial charge in [-0.15, -0.1) is 0 Å². The van der Waals surface area contributed by atoms with Crippen molar-refractivity contribution in [2.24, 2.45) is 11.8 Å². The monoisotopic (exact) mass is 466 g/mol. The van der Waals surface area contributed by atoms with E-state index in [2.05, 4.69) is 4.98 Å². The lowest BCUT2D eigenvalue weighted by molar-refractivity contribution is 0.0520. The van der Waals surface area contributed by atoms with Crippen molar-refractivity contribution in [3.8, 4) is 0 Å². The van der Waals surface area contributed by atoms with Crippen LogP contribution in [0.2, 0.25) is 10.0 Å². The zero-order chi connectivity index (χ0) is 21.3. The largest absolute Gasteiger partial charge is 0.338 e. The van der Waals surface area contributed by atoms with Gasteiger partial charge in [0.1, 0.15) is 4.90 Å². The number of piperidine rings is 1. The van der Waals surface area contributed by atoms with Gasteiger partial charge in [-0.3, -0.25) is 9.78 Å². The molecule has 30 heavy (non-hydrogen) atoms. The van der Waals surface area contributed by atoms with Crippen molar-refractivity contribution in [3.05, 3.63) is 57.8 Å². The maximum Gasteiger partial charge on any atom is 0.255 e. The van der Waals surface area contributed by atoms with Gasteiger partial charge in [0, 0.05) is 25.5 Å². The minimum absolute atomic E-state index is 0.0815. The summed E-state index contributed by atoms with van der Waals surface area (Å²) in [4.78, 5) is 19.0. The summed E-state index contributed by atoms with van der Waals surface area (Å²) in [7, 11) is -3.79. The number of pyridine rings is 1. The summed E-state index contributed by atoms with van der Waals surface area (Å²) in [6.45, 7) is 1.53. The molecule has 2 aromatic rings. The van der Waals surface area contributed by atoms with Crippen LogP contribution in [-0.4, -0.2) is 37.3 Å². The first-order valence-corrected chi connectivity index (χ1v) is 12.7.